The van der Waals surface area contributed by atoms with Gasteiger partial charge in [0.15, 0.2) is 0 Å². The molecule has 106 valence electrons. The average molecular weight is 284 g/mol. The summed E-state index contributed by atoms with van der Waals surface area (Å²) in [5.41, 5.74) is 0.347. The predicted molar refractivity (Wildman–Crippen MR) is 74.5 cm³/mol. The fraction of sp³-hybridized carbons (Fsp3) is 0.462. The van der Waals surface area contributed by atoms with Crippen LogP contribution in [-0.4, -0.2) is 27.4 Å². The first-order valence-corrected chi connectivity index (χ1v) is 7.73. The van der Waals surface area contributed by atoms with Gasteiger partial charge in [-0.25, -0.2) is 13.1 Å². The van der Waals surface area contributed by atoms with E-state index in [1.807, 2.05) is 13.8 Å². The van der Waals surface area contributed by atoms with E-state index in [1.54, 1.807) is 12.1 Å². The number of carbonyl (C=O) groups excluding carboxylic acids is 1. The van der Waals surface area contributed by atoms with Crippen molar-refractivity contribution in [3.63, 3.8) is 0 Å². The summed E-state index contributed by atoms with van der Waals surface area (Å²) in [4.78, 5) is 12.1. The predicted octanol–water partition coefficient (Wildman–Crippen LogP) is 1.51. The van der Waals surface area contributed by atoms with Gasteiger partial charge in [0.2, 0.25) is 10.0 Å². The molecule has 1 amide bonds. The van der Waals surface area contributed by atoms with Crippen LogP contribution in [-0.2, 0) is 10.0 Å². The van der Waals surface area contributed by atoms with Crippen LogP contribution in [0.2, 0.25) is 0 Å². The van der Waals surface area contributed by atoms with Gasteiger partial charge in [-0.2, -0.15) is 0 Å². The average Bonchev–Trinajstić information content (AvgIpc) is 2.39. The van der Waals surface area contributed by atoms with Gasteiger partial charge in [-0.15, -0.1) is 0 Å². The molecule has 0 saturated carbocycles. The number of rotatable bonds is 6. The minimum atomic E-state index is -3.52. The summed E-state index contributed by atoms with van der Waals surface area (Å²) in [5, 5.41) is 2.84. The zero-order valence-corrected chi connectivity index (χ0v) is 12.3. The minimum Gasteiger partial charge on any atom is -0.350 e. The van der Waals surface area contributed by atoms with Gasteiger partial charge in [-0.05, 0) is 38.6 Å². The minimum absolute atomic E-state index is 0.0714. The van der Waals surface area contributed by atoms with E-state index in [1.165, 1.54) is 19.2 Å². The van der Waals surface area contributed by atoms with Crippen molar-refractivity contribution in [2.45, 2.75) is 37.6 Å². The second-order valence-corrected chi connectivity index (χ2v) is 6.29. The Morgan fingerprint density at radius 1 is 1.37 bits per heavy atom. The second-order valence-electron chi connectivity index (χ2n) is 4.40. The first-order chi connectivity index (χ1) is 8.90. The maximum atomic E-state index is 12.0. The number of nitrogens with one attached hydrogen (secondary N) is 2. The Labute approximate surface area is 114 Å². The molecule has 0 fully saturated rings. The molecule has 0 spiro atoms. The number of hydrogen-bond acceptors (Lipinski definition) is 3. The molecule has 2 N–H and O–H groups in total. The van der Waals surface area contributed by atoms with Gasteiger partial charge < -0.3 is 5.32 Å². The normalized spacial score (nSPS) is 13.0. The molecule has 0 bridgehead atoms. The first-order valence-electron chi connectivity index (χ1n) is 6.25. The van der Waals surface area contributed by atoms with Crippen LogP contribution in [0.3, 0.4) is 0 Å². The third-order valence-corrected chi connectivity index (χ3v) is 4.19. The smallest absolute Gasteiger partial charge is 0.251 e. The van der Waals surface area contributed by atoms with Gasteiger partial charge in [-0.3, -0.25) is 4.79 Å². The zero-order chi connectivity index (χ0) is 14.5. The second kappa shape index (κ2) is 6.68. The Morgan fingerprint density at radius 3 is 2.63 bits per heavy atom. The topological polar surface area (TPSA) is 75.3 Å². The van der Waals surface area contributed by atoms with Gasteiger partial charge in [-0.1, -0.05) is 19.4 Å². The first kappa shape index (κ1) is 15.7. The Kier molecular flexibility index (Phi) is 5.50. The molecule has 19 heavy (non-hydrogen) atoms. The molecule has 0 aliphatic rings. The van der Waals surface area contributed by atoms with Crippen molar-refractivity contribution in [1.82, 2.24) is 10.0 Å². The van der Waals surface area contributed by atoms with Crippen LogP contribution in [0, 0.1) is 0 Å². The maximum Gasteiger partial charge on any atom is 0.251 e. The molecular weight excluding hydrogens is 264 g/mol. The van der Waals surface area contributed by atoms with Crippen LogP contribution in [0.5, 0.6) is 0 Å². The standard InChI is InChI=1S/C13H20N2O3S/c1-4-6-10(2)15-13(16)11-7-5-8-12(9-11)19(17,18)14-3/h5,7-10,14H,4,6H2,1-3H3,(H,15,16)/t10-/m1/s1. The van der Waals surface area contributed by atoms with Crippen molar-refractivity contribution in [2.24, 2.45) is 0 Å². The van der Waals surface area contributed by atoms with Gasteiger partial charge in [0, 0.05) is 11.6 Å². The third-order valence-electron chi connectivity index (χ3n) is 2.77. The van der Waals surface area contributed by atoms with Crippen LogP contribution in [0.4, 0.5) is 0 Å². The lowest BCUT2D eigenvalue weighted by atomic mass is 10.1. The highest BCUT2D eigenvalue weighted by Crippen LogP contribution is 2.11. The van der Waals surface area contributed by atoms with E-state index < -0.39 is 10.0 Å². The molecule has 0 aromatic heterocycles. The van der Waals surface area contributed by atoms with Crippen molar-refractivity contribution in [3.8, 4) is 0 Å². The summed E-state index contributed by atoms with van der Waals surface area (Å²) >= 11 is 0. The molecule has 0 heterocycles. The van der Waals surface area contributed by atoms with Gasteiger partial charge in [0.25, 0.3) is 5.91 Å². The maximum absolute atomic E-state index is 12.0. The molecule has 0 aliphatic heterocycles. The number of hydrogen-bond donors (Lipinski definition) is 2. The molecule has 1 aromatic rings. The van der Waals surface area contributed by atoms with E-state index in [9.17, 15) is 13.2 Å². The Morgan fingerprint density at radius 2 is 2.05 bits per heavy atom. The Bertz CT molecular complexity index is 541. The lowest BCUT2D eigenvalue weighted by Crippen LogP contribution is -2.32. The summed E-state index contributed by atoms with van der Waals surface area (Å²) in [6, 6.07) is 6.06. The van der Waals surface area contributed by atoms with E-state index >= 15 is 0 Å². The fourth-order valence-corrected chi connectivity index (χ4v) is 2.51. The number of benzene rings is 1. The molecule has 5 nitrogen and oxygen atoms in total. The van der Waals surface area contributed by atoms with Crippen LogP contribution >= 0.6 is 0 Å². The van der Waals surface area contributed by atoms with E-state index in [0.29, 0.717) is 5.56 Å². The lowest BCUT2D eigenvalue weighted by Gasteiger charge is -2.13. The fourth-order valence-electron chi connectivity index (χ4n) is 1.73. The van der Waals surface area contributed by atoms with Crippen molar-refractivity contribution in [3.05, 3.63) is 29.8 Å². The molecule has 1 atom stereocenters. The SMILES string of the molecule is CCC[C@@H](C)NC(=O)c1cccc(S(=O)(=O)NC)c1. The third kappa shape index (κ3) is 4.33. The van der Waals surface area contributed by atoms with E-state index in [2.05, 4.69) is 10.0 Å². The lowest BCUT2D eigenvalue weighted by molar-refractivity contribution is 0.0938. The van der Waals surface area contributed by atoms with Crippen LogP contribution in [0.1, 0.15) is 37.0 Å². The summed E-state index contributed by atoms with van der Waals surface area (Å²) < 4.78 is 25.5. The zero-order valence-electron chi connectivity index (χ0n) is 11.4. The van der Waals surface area contributed by atoms with Crippen LogP contribution < -0.4 is 10.0 Å². The molecule has 0 radical (unpaired) electrons. The molecular formula is C13H20N2O3S. The molecule has 0 aliphatic carbocycles. The molecule has 0 unspecified atom stereocenters. The summed E-state index contributed by atoms with van der Waals surface area (Å²) in [7, 11) is -2.18. The number of sulfonamides is 1. The van der Waals surface area contributed by atoms with Crippen LogP contribution in [0.15, 0.2) is 29.2 Å². The van der Waals surface area contributed by atoms with Crippen LogP contribution in [0.25, 0.3) is 0 Å². The molecule has 1 aromatic carbocycles. The Hall–Kier alpha value is -1.40. The van der Waals surface area contributed by atoms with E-state index in [-0.39, 0.29) is 16.8 Å². The summed E-state index contributed by atoms with van der Waals surface area (Å²) in [6.45, 7) is 3.97. The van der Waals surface area contributed by atoms with Gasteiger partial charge >= 0.3 is 0 Å². The van der Waals surface area contributed by atoms with Gasteiger partial charge in [0.1, 0.15) is 0 Å². The molecule has 0 saturated heterocycles. The number of amides is 1. The molecule has 1 rings (SSSR count). The Balaban J connectivity index is 2.91. The van der Waals surface area contributed by atoms with E-state index in [4.69, 9.17) is 0 Å². The molecule has 6 heteroatoms. The van der Waals surface area contributed by atoms with Crippen molar-refractivity contribution in [1.29, 1.82) is 0 Å². The highest BCUT2D eigenvalue weighted by atomic mass is 32.2. The van der Waals surface area contributed by atoms with Crippen molar-refractivity contribution < 1.29 is 13.2 Å². The quantitative estimate of drug-likeness (QED) is 0.831. The monoisotopic (exact) mass is 284 g/mol. The highest BCUT2D eigenvalue weighted by Gasteiger charge is 2.15. The van der Waals surface area contributed by atoms with Gasteiger partial charge in [0.05, 0.1) is 4.90 Å². The van der Waals surface area contributed by atoms with Crippen molar-refractivity contribution >= 4 is 15.9 Å². The van der Waals surface area contributed by atoms with Crippen molar-refractivity contribution in [2.75, 3.05) is 7.05 Å². The highest BCUT2D eigenvalue weighted by molar-refractivity contribution is 7.89. The van der Waals surface area contributed by atoms with E-state index in [0.717, 1.165) is 12.8 Å². The summed E-state index contributed by atoms with van der Waals surface area (Å²) in [6.07, 6.45) is 1.87. The summed E-state index contributed by atoms with van der Waals surface area (Å²) in [5.74, 6) is -0.255. The largest absolute Gasteiger partial charge is 0.350 e. The number of carbonyl (C=O) groups is 1.